The number of benzene rings is 1. The lowest BCUT2D eigenvalue weighted by atomic mass is 9.94. The molecule has 1 aliphatic heterocycles. The van der Waals surface area contributed by atoms with Gasteiger partial charge in [0.25, 0.3) is 0 Å². The fourth-order valence-corrected chi connectivity index (χ4v) is 2.74. The van der Waals surface area contributed by atoms with E-state index in [1.54, 1.807) is 40.2 Å². The molecule has 7 heteroatoms. The van der Waals surface area contributed by atoms with Crippen molar-refractivity contribution in [1.29, 1.82) is 0 Å². The van der Waals surface area contributed by atoms with Crippen molar-refractivity contribution in [1.82, 2.24) is 10.6 Å². The fraction of sp³-hybridized carbons (Fsp3) is 0.375. The fourth-order valence-electron chi connectivity index (χ4n) is 2.47. The maximum Gasteiger partial charge on any atom is 0.338 e. The van der Waals surface area contributed by atoms with Crippen LogP contribution < -0.4 is 20.1 Å². The monoisotopic (exact) mass is 336 g/mol. The molecular formula is C16H20N2O4S. The molecule has 0 bridgehead atoms. The van der Waals surface area contributed by atoms with Gasteiger partial charge in [0, 0.05) is 11.3 Å². The van der Waals surface area contributed by atoms with Gasteiger partial charge in [-0.3, -0.25) is 0 Å². The Morgan fingerprint density at radius 3 is 2.65 bits per heavy atom. The first-order valence-electron chi connectivity index (χ1n) is 7.19. The molecular weight excluding hydrogens is 316 g/mol. The highest BCUT2D eigenvalue weighted by atomic mass is 32.1. The van der Waals surface area contributed by atoms with Crippen molar-refractivity contribution < 1.29 is 19.0 Å². The van der Waals surface area contributed by atoms with Crippen LogP contribution in [-0.4, -0.2) is 31.9 Å². The minimum Gasteiger partial charge on any atom is -0.497 e. The Balaban J connectivity index is 2.56. The molecule has 6 nitrogen and oxygen atoms in total. The van der Waals surface area contributed by atoms with Gasteiger partial charge in [-0.1, -0.05) is 0 Å². The standard InChI is InChI=1S/C16H20N2O4S/c1-5-22-15(19)13-9(2)17-16(23)18-14(13)11-8-10(20-3)6-7-12(11)21-4/h6-8,14H,5H2,1-4H3,(H2,17,18,23)/t14-/m1/s1. The van der Waals surface area contributed by atoms with E-state index in [1.807, 2.05) is 6.07 Å². The van der Waals surface area contributed by atoms with E-state index in [9.17, 15) is 4.79 Å². The van der Waals surface area contributed by atoms with Crippen molar-refractivity contribution in [3.05, 3.63) is 35.0 Å². The van der Waals surface area contributed by atoms with Crippen molar-refractivity contribution in [2.24, 2.45) is 0 Å². The summed E-state index contributed by atoms with van der Waals surface area (Å²) in [5.41, 5.74) is 1.87. The van der Waals surface area contributed by atoms with Crippen molar-refractivity contribution in [2.75, 3.05) is 20.8 Å². The topological polar surface area (TPSA) is 68.8 Å². The van der Waals surface area contributed by atoms with Crippen LogP contribution >= 0.6 is 12.2 Å². The van der Waals surface area contributed by atoms with Crippen LogP contribution in [0, 0.1) is 0 Å². The van der Waals surface area contributed by atoms with Crippen LogP contribution in [0.3, 0.4) is 0 Å². The number of rotatable bonds is 5. The summed E-state index contributed by atoms with van der Waals surface area (Å²) < 4.78 is 15.9. The largest absolute Gasteiger partial charge is 0.497 e. The number of hydrogen-bond donors (Lipinski definition) is 2. The van der Waals surface area contributed by atoms with Gasteiger partial charge in [0.2, 0.25) is 0 Å². The number of allylic oxidation sites excluding steroid dienone is 1. The van der Waals surface area contributed by atoms with E-state index in [0.29, 0.717) is 34.5 Å². The van der Waals surface area contributed by atoms with Crippen molar-refractivity contribution in [3.63, 3.8) is 0 Å². The average Bonchev–Trinajstić information content (AvgIpc) is 2.53. The van der Waals surface area contributed by atoms with E-state index in [4.69, 9.17) is 26.4 Å². The third kappa shape index (κ3) is 3.56. The molecule has 0 radical (unpaired) electrons. The molecule has 124 valence electrons. The van der Waals surface area contributed by atoms with Crippen molar-refractivity contribution in [2.45, 2.75) is 19.9 Å². The first-order valence-corrected chi connectivity index (χ1v) is 7.60. The first kappa shape index (κ1) is 17.1. The quantitative estimate of drug-likeness (QED) is 0.630. The molecule has 0 saturated carbocycles. The molecule has 23 heavy (non-hydrogen) atoms. The zero-order chi connectivity index (χ0) is 17.0. The van der Waals surface area contributed by atoms with Gasteiger partial charge >= 0.3 is 5.97 Å². The second-order valence-electron chi connectivity index (χ2n) is 4.90. The number of nitrogens with one attached hydrogen (secondary N) is 2. The Hall–Kier alpha value is -2.28. The number of ether oxygens (including phenoxy) is 3. The van der Waals surface area contributed by atoms with Gasteiger partial charge in [-0.2, -0.15) is 0 Å². The lowest BCUT2D eigenvalue weighted by Gasteiger charge is -2.30. The maximum absolute atomic E-state index is 12.4. The van der Waals surface area contributed by atoms with E-state index >= 15 is 0 Å². The van der Waals surface area contributed by atoms with E-state index in [1.165, 1.54) is 0 Å². The van der Waals surface area contributed by atoms with Gasteiger partial charge in [-0.15, -0.1) is 0 Å². The van der Waals surface area contributed by atoms with Crippen LogP contribution in [0.15, 0.2) is 29.5 Å². The molecule has 0 aromatic heterocycles. The lowest BCUT2D eigenvalue weighted by Crippen LogP contribution is -2.45. The molecule has 0 unspecified atom stereocenters. The van der Waals surface area contributed by atoms with Gasteiger partial charge in [0.15, 0.2) is 5.11 Å². The summed E-state index contributed by atoms with van der Waals surface area (Å²) in [6.07, 6.45) is 0. The van der Waals surface area contributed by atoms with Gasteiger partial charge < -0.3 is 24.8 Å². The van der Waals surface area contributed by atoms with Crippen LogP contribution in [0.25, 0.3) is 0 Å². The number of methoxy groups -OCH3 is 2. The summed E-state index contributed by atoms with van der Waals surface area (Å²) >= 11 is 5.22. The predicted molar refractivity (Wildman–Crippen MR) is 90.5 cm³/mol. The Morgan fingerprint density at radius 1 is 1.30 bits per heavy atom. The Kier molecular flexibility index (Phi) is 5.44. The summed E-state index contributed by atoms with van der Waals surface area (Å²) in [5, 5.41) is 6.50. The van der Waals surface area contributed by atoms with Gasteiger partial charge in [0.05, 0.1) is 32.4 Å². The van der Waals surface area contributed by atoms with Crippen LogP contribution in [0.2, 0.25) is 0 Å². The van der Waals surface area contributed by atoms with E-state index < -0.39 is 12.0 Å². The summed E-state index contributed by atoms with van der Waals surface area (Å²) in [4.78, 5) is 12.4. The number of esters is 1. The Morgan fingerprint density at radius 2 is 2.04 bits per heavy atom. The third-order valence-corrected chi connectivity index (χ3v) is 3.73. The van der Waals surface area contributed by atoms with Crippen LogP contribution in [-0.2, 0) is 9.53 Å². The van der Waals surface area contributed by atoms with E-state index in [0.717, 1.165) is 5.56 Å². The Labute approximate surface area is 140 Å². The Bertz CT molecular complexity index is 657. The summed E-state index contributed by atoms with van der Waals surface area (Å²) in [6, 6.07) is 4.92. The maximum atomic E-state index is 12.4. The van der Waals surface area contributed by atoms with Crippen LogP contribution in [0.4, 0.5) is 0 Å². The molecule has 0 fully saturated rings. The number of carbonyl (C=O) groups excluding carboxylic acids is 1. The van der Waals surface area contributed by atoms with Crippen molar-refractivity contribution >= 4 is 23.3 Å². The zero-order valence-electron chi connectivity index (χ0n) is 13.6. The van der Waals surface area contributed by atoms with Crippen molar-refractivity contribution in [3.8, 4) is 11.5 Å². The average molecular weight is 336 g/mol. The summed E-state index contributed by atoms with van der Waals surface area (Å²) in [7, 11) is 3.16. The summed E-state index contributed by atoms with van der Waals surface area (Å²) in [6.45, 7) is 3.85. The minimum atomic E-state index is -0.479. The molecule has 1 heterocycles. The molecule has 1 aliphatic rings. The highest BCUT2D eigenvalue weighted by molar-refractivity contribution is 7.80. The number of hydrogen-bond acceptors (Lipinski definition) is 5. The molecule has 0 spiro atoms. The van der Waals surface area contributed by atoms with Gasteiger partial charge in [-0.25, -0.2) is 4.79 Å². The lowest BCUT2D eigenvalue weighted by molar-refractivity contribution is -0.139. The summed E-state index contributed by atoms with van der Waals surface area (Å²) in [5.74, 6) is 0.887. The zero-order valence-corrected chi connectivity index (χ0v) is 14.4. The third-order valence-electron chi connectivity index (χ3n) is 3.51. The smallest absolute Gasteiger partial charge is 0.338 e. The second-order valence-corrected chi connectivity index (χ2v) is 5.31. The predicted octanol–water partition coefficient (Wildman–Crippen LogP) is 2.06. The van der Waals surface area contributed by atoms with E-state index in [-0.39, 0.29) is 0 Å². The molecule has 0 saturated heterocycles. The minimum absolute atomic E-state index is 0.294. The highest BCUT2D eigenvalue weighted by Crippen LogP contribution is 2.35. The molecule has 1 atom stereocenters. The van der Waals surface area contributed by atoms with Crippen LogP contribution in [0.1, 0.15) is 25.5 Å². The number of thiocarbonyl (C=S) groups is 1. The molecule has 2 N–H and O–H groups in total. The SMILES string of the molecule is CCOC(=O)C1=C(C)NC(=S)N[C@@H]1c1cc(OC)ccc1OC. The van der Waals surface area contributed by atoms with Gasteiger partial charge in [0.1, 0.15) is 11.5 Å². The first-order chi connectivity index (χ1) is 11.0. The second kappa shape index (κ2) is 7.32. The normalized spacial score (nSPS) is 17.2. The van der Waals surface area contributed by atoms with Gasteiger partial charge in [-0.05, 0) is 44.3 Å². The molecule has 1 aromatic carbocycles. The van der Waals surface area contributed by atoms with E-state index in [2.05, 4.69) is 10.6 Å². The van der Waals surface area contributed by atoms with Crippen LogP contribution in [0.5, 0.6) is 11.5 Å². The highest BCUT2D eigenvalue weighted by Gasteiger charge is 2.32. The molecule has 2 rings (SSSR count). The molecule has 0 aliphatic carbocycles. The molecule has 0 amide bonds. The molecule has 1 aromatic rings. The number of carbonyl (C=O) groups is 1.